The average Bonchev–Trinajstić information content (AvgIpc) is 2.87. The lowest BCUT2D eigenvalue weighted by Gasteiger charge is -2.19. The van der Waals surface area contributed by atoms with Crippen LogP contribution in [0.25, 0.3) is 0 Å². The number of hydrogen-bond acceptors (Lipinski definition) is 5. The van der Waals surface area contributed by atoms with Crippen LogP contribution in [0, 0.1) is 5.92 Å². The molecule has 8 heteroatoms. The molecule has 118 valence electrons. The van der Waals surface area contributed by atoms with Gasteiger partial charge in [-0.25, -0.2) is 13.1 Å². The molecule has 0 saturated heterocycles. The van der Waals surface area contributed by atoms with Gasteiger partial charge in [-0.15, -0.1) is 0 Å². The number of nitrogens with one attached hydrogen (secondary N) is 1. The average molecular weight is 325 g/mol. The zero-order valence-corrected chi connectivity index (χ0v) is 13.8. The van der Waals surface area contributed by atoms with Crippen molar-refractivity contribution in [2.24, 2.45) is 5.92 Å². The van der Waals surface area contributed by atoms with Crippen molar-refractivity contribution in [3.05, 3.63) is 0 Å². The number of carbonyl (C=O) groups excluding carboxylic acids is 1. The molecular weight excluding hydrogens is 302 g/mol. The fourth-order valence-electron chi connectivity index (χ4n) is 2.40. The lowest BCUT2D eigenvalue weighted by atomic mass is 10.1. The molecule has 4 unspecified atom stereocenters. The molecule has 0 aromatic carbocycles. The highest BCUT2D eigenvalue weighted by molar-refractivity contribution is 7.90. The number of hydrogen-bond donors (Lipinski definition) is 1. The molecule has 0 radical (unpaired) electrons. The summed E-state index contributed by atoms with van der Waals surface area (Å²) in [5.74, 6) is -1.03. The predicted octanol–water partition coefficient (Wildman–Crippen LogP) is 0.405. The molecule has 0 aromatic rings. The van der Waals surface area contributed by atoms with Crippen LogP contribution in [0.15, 0.2) is 0 Å². The highest BCUT2D eigenvalue weighted by Gasteiger charge is 2.41. The van der Waals surface area contributed by atoms with Crippen LogP contribution >= 0.6 is 0 Å². The molecule has 20 heavy (non-hydrogen) atoms. The Hall–Kier alpha value is -0.470. The van der Waals surface area contributed by atoms with Gasteiger partial charge in [0.2, 0.25) is 10.0 Å². The maximum Gasteiger partial charge on any atom is 0.310 e. The Kier molecular flexibility index (Phi) is 6.60. The third kappa shape index (κ3) is 4.53. The molecule has 0 aliphatic heterocycles. The number of sulfonamides is 1. The van der Waals surface area contributed by atoms with E-state index in [0.717, 1.165) is 0 Å². The van der Waals surface area contributed by atoms with Gasteiger partial charge in [-0.3, -0.25) is 9.00 Å². The summed E-state index contributed by atoms with van der Waals surface area (Å²) in [6.07, 6.45) is 3.85. The fourth-order valence-corrected chi connectivity index (χ4v) is 4.62. The first-order valence-electron chi connectivity index (χ1n) is 6.68. The molecule has 1 aliphatic carbocycles. The van der Waals surface area contributed by atoms with Gasteiger partial charge < -0.3 is 4.74 Å². The summed E-state index contributed by atoms with van der Waals surface area (Å²) in [6.45, 7) is 2.06. The van der Waals surface area contributed by atoms with Crippen LogP contribution in [0.2, 0.25) is 0 Å². The Labute approximate surface area is 123 Å². The van der Waals surface area contributed by atoms with Crippen LogP contribution in [0.5, 0.6) is 0 Å². The molecule has 0 spiro atoms. The molecular formula is C12H23NO5S2. The van der Waals surface area contributed by atoms with Crippen molar-refractivity contribution in [2.75, 3.05) is 19.9 Å². The Balaban J connectivity index is 2.59. The second kappa shape index (κ2) is 7.51. The second-order valence-corrected chi connectivity index (χ2v) is 8.92. The van der Waals surface area contributed by atoms with Crippen molar-refractivity contribution < 1.29 is 22.2 Å². The minimum atomic E-state index is -3.54. The van der Waals surface area contributed by atoms with Gasteiger partial charge in [-0.1, -0.05) is 13.3 Å². The molecule has 0 heterocycles. The first-order valence-corrected chi connectivity index (χ1v) is 9.85. The second-order valence-electron chi connectivity index (χ2n) is 5.14. The fraction of sp³-hybridized carbons (Fsp3) is 0.917. The van der Waals surface area contributed by atoms with Gasteiger partial charge >= 0.3 is 5.97 Å². The van der Waals surface area contributed by atoms with Gasteiger partial charge in [0.25, 0.3) is 0 Å². The molecule has 1 aliphatic rings. The Morgan fingerprint density at radius 1 is 1.45 bits per heavy atom. The lowest BCUT2D eigenvalue weighted by Crippen LogP contribution is -2.40. The van der Waals surface area contributed by atoms with E-state index in [1.54, 1.807) is 6.26 Å². The number of methoxy groups -OCH3 is 1. The van der Waals surface area contributed by atoms with E-state index in [0.29, 0.717) is 25.7 Å². The van der Waals surface area contributed by atoms with Crippen molar-refractivity contribution in [2.45, 2.75) is 43.1 Å². The predicted molar refractivity (Wildman–Crippen MR) is 78.2 cm³/mol. The van der Waals surface area contributed by atoms with E-state index < -0.39 is 38.0 Å². The van der Waals surface area contributed by atoms with E-state index in [2.05, 4.69) is 9.46 Å². The third-order valence-electron chi connectivity index (χ3n) is 3.78. The molecule has 1 N–H and O–H groups in total. The minimum absolute atomic E-state index is 0.0577. The summed E-state index contributed by atoms with van der Waals surface area (Å²) in [7, 11) is -3.23. The Bertz CT molecular complexity index is 462. The highest BCUT2D eigenvalue weighted by Crippen LogP contribution is 2.31. The van der Waals surface area contributed by atoms with Crippen molar-refractivity contribution in [1.82, 2.24) is 4.72 Å². The summed E-state index contributed by atoms with van der Waals surface area (Å²) in [5.41, 5.74) is 0. The molecule has 1 fully saturated rings. The zero-order chi connectivity index (χ0) is 15.3. The molecule has 0 bridgehead atoms. The number of rotatable bonds is 7. The monoisotopic (exact) mass is 325 g/mol. The van der Waals surface area contributed by atoms with E-state index in [1.807, 2.05) is 6.92 Å². The normalized spacial score (nSPS) is 26.1. The smallest absolute Gasteiger partial charge is 0.310 e. The summed E-state index contributed by atoms with van der Waals surface area (Å²) in [5, 5.41) is -0.768. The van der Waals surface area contributed by atoms with E-state index in [1.165, 1.54) is 7.11 Å². The third-order valence-corrected chi connectivity index (χ3v) is 7.11. The van der Waals surface area contributed by atoms with Gasteiger partial charge in [-0.05, 0) is 19.3 Å². The lowest BCUT2D eigenvalue weighted by molar-refractivity contribution is -0.145. The van der Waals surface area contributed by atoms with Crippen molar-refractivity contribution >= 4 is 26.8 Å². The number of ether oxygens (including phenoxy) is 1. The first kappa shape index (κ1) is 17.6. The van der Waals surface area contributed by atoms with Crippen LogP contribution in [-0.4, -0.2) is 49.0 Å². The van der Waals surface area contributed by atoms with E-state index in [-0.39, 0.29) is 11.8 Å². The quantitative estimate of drug-likeness (QED) is 0.685. The first-order chi connectivity index (χ1) is 9.29. The minimum Gasteiger partial charge on any atom is -0.469 e. The topological polar surface area (TPSA) is 89.5 Å². The van der Waals surface area contributed by atoms with Crippen molar-refractivity contribution in [3.8, 4) is 0 Å². The Morgan fingerprint density at radius 2 is 2.10 bits per heavy atom. The summed E-state index contributed by atoms with van der Waals surface area (Å²) in [4.78, 5) is 11.6. The van der Waals surface area contributed by atoms with Gasteiger partial charge in [0.1, 0.15) is 0 Å². The molecule has 1 rings (SSSR count). The van der Waals surface area contributed by atoms with Crippen LogP contribution in [0.4, 0.5) is 0 Å². The van der Waals surface area contributed by atoms with E-state index >= 15 is 0 Å². The SMILES string of the molecule is COC(=O)C1CCCC1S(=O)(=O)NCCC(C)S(C)=O. The van der Waals surface area contributed by atoms with Crippen LogP contribution < -0.4 is 4.72 Å². The number of esters is 1. The Morgan fingerprint density at radius 3 is 2.65 bits per heavy atom. The largest absolute Gasteiger partial charge is 0.469 e. The molecule has 1 saturated carbocycles. The van der Waals surface area contributed by atoms with Gasteiger partial charge in [0.05, 0.1) is 18.3 Å². The van der Waals surface area contributed by atoms with Gasteiger partial charge in [0.15, 0.2) is 0 Å². The van der Waals surface area contributed by atoms with E-state index in [9.17, 15) is 17.4 Å². The maximum atomic E-state index is 12.2. The van der Waals surface area contributed by atoms with Crippen LogP contribution in [0.3, 0.4) is 0 Å². The summed E-state index contributed by atoms with van der Waals surface area (Å²) in [6, 6.07) is 0. The van der Waals surface area contributed by atoms with Crippen molar-refractivity contribution in [1.29, 1.82) is 0 Å². The maximum absolute atomic E-state index is 12.2. The summed E-state index contributed by atoms with van der Waals surface area (Å²) < 4.78 is 42.8. The van der Waals surface area contributed by atoms with Crippen molar-refractivity contribution in [3.63, 3.8) is 0 Å². The molecule has 4 atom stereocenters. The zero-order valence-electron chi connectivity index (χ0n) is 12.1. The number of carbonyl (C=O) groups is 1. The van der Waals surface area contributed by atoms with Gasteiger partial charge in [-0.2, -0.15) is 0 Å². The summed E-state index contributed by atoms with van der Waals surface area (Å²) >= 11 is 0. The molecule has 0 amide bonds. The highest BCUT2D eigenvalue weighted by atomic mass is 32.2. The van der Waals surface area contributed by atoms with Crippen LogP contribution in [0.1, 0.15) is 32.6 Å². The van der Waals surface area contributed by atoms with Crippen LogP contribution in [-0.2, 0) is 30.4 Å². The van der Waals surface area contributed by atoms with E-state index in [4.69, 9.17) is 0 Å². The standard InChI is InChI=1S/C12H23NO5S2/c1-9(19(3)15)7-8-13-20(16,17)11-6-4-5-10(11)12(14)18-2/h9-11,13H,4-8H2,1-3H3. The van der Waals surface area contributed by atoms with Gasteiger partial charge in [0, 0.05) is 28.9 Å². The molecule has 0 aromatic heterocycles. The molecule has 6 nitrogen and oxygen atoms in total.